The summed E-state index contributed by atoms with van der Waals surface area (Å²) in [5.74, 6) is 1.07. The molecule has 0 radical (unpaired) electrons. The Balaban J connectivity index is 2.10. The van der Waals surface area contributed by atoms with Crippen LogP contribution in [-0.2, 0) is 4.74 Å². The molecule has 0 spiro atoms. The predicted molar refractivity (Wildman–Crippen MR) is 59.3 cm³/mol. The third-order valence-electron chi connectivity index (χ3n) is 2.49. The smallest absolute Gasteiger partial charge is 0.376 e. The van der Waals surface area contributed by atoms with E-state index >= 15 is 0 Å². The van der Waals surface area contributed by atoms with E-state index in [2.05, 4.69) is 20.0 Å². The fourth-order valence-corrected chi connectivity index (χ4v) is 1.41. The molecule has 1 saturated carbocycles. The largest absolute Gasteiger partial charge is 0.463 e. The Morgan fingerprint density at radius 3 is 2.94 bits per heavy atom. The molecule has 86 valence electrons. The van der Waals surface area contributed by atoms with Gasteiger partial charge in [-0.3, -0.25) is 0 Å². The van der Waals surface area contributed by atoms with Crippen molar-refractivity contribution in [3.63, 3.8) is 0 Å². The van der Waals surface area contributed by atoms with E-state index in [1.165, 1.54) is 20.0 Å². The van der Waals surface area contributed by atoms with Crippen molar-refractivity contribution in [1.82, 2.24) is 9.97 Å². The van der Waals surface area contributed by atoms with Gasteiger partial charge in [0.25, 0.3) is 0 Å². The van der Waals surface area contributed by atoms with Gasteiger partial charge in [-0.1, -0.05) is 0 Å². The van der Waals surface area contributed by atoms with Crippen LogP contribution in [0.1, 0.15) is 29.2 Å². The van der Waals surface area contributed by atoms with Crippen molar-refractivity contribution in [1.29, 1.82) is 0 Å². The quantitative estimate of drug-likeness (QED) is 0.778. The van der Waals surface area contributed by atoms with Crippen LogP contribution in [0.15, 0.2) is 6.07 Å². The van der Waals surface area contributed by atoms with E-state index in [1.807, 2.05) is 13.0 Å². The lowest BCUT2D eigenvalue weighted by Gasteiger charge is -2.06. The molecule has 1 heterocycles. The summed E-state index contributed by atoms with van der Waals surface area (Å²) >= 11 is 0. The highest BCUT2D eigenvalue weighted by Gasteiger charge is 2.21. The summed E-state index contributed by atoms with van der Waals surface area (Å²) in [6.45, 7) is 2.74. The number of aryl methyl sites for hydroxylation is 1. The summed E-state index contributed by atoms with van der Waals surface area (Å²) in [5, 5.41) is 3.21. The van der Waals surface area contributed by atoms with Crippen LogP contribution in [0.2, 0.25) is 0 Å². The molecule has 0 aliphatic heterocycles. The molecule has 16 heavy (non-hydrogen) atoms. The summed E-state index contributed by atoms with van der Waals surface area (Å²) in [7, 11) is 1.32. The second kappa shape index (κ2) is 4.47. The molecule has 1 aromatic heterocycles. The van der Waals surface area contributed by atoms with Crippen molar-refractivity contribution < 1.29 is 9.53 Å². The van der Waals surface area contributed by atoms with Crippen molar-refractivity contribution in [2.24, 2.45) is 5.92 Å². The van der Waals surface area contributed by atoms with Gasteiger partial charge in [0, 0.05) is 18.3 Å². The maximum atomic E-state index is 11.3. The molecule has 0 aromatic carbocycles. The van der Waals surface area contributed by atoms with Gasteiger partial charge in [-0.2, -0.15) is 0 Å². The predicted octanol–water partition coefficient (Wildman–Crippen LogP) is 1.39. The Morgan fingerprint density at radius 1 is 1.56 bits per heavy atom. The van der Waals surface area contributed by atoms with Crippen LogP contribution in [0.25, 0.3) is 0 Å². The van der Waals surface area contributed by atoms with Crippen LogP contribution in [0.4, 0.5) is 5.82 Å². The first-order valence-corrected chi connectivity index (χ1v) is 5.37. The third kappa shape index (κ3) is 2.68. The van der Waals surface area contributed by atoms with E-state index in [-0.39, 0.29) is 5.82 Å². The summed E-state index contributed by atoms with van der Waals surface area (Å²) in [4.78, 5) is 19.4. The van der Waals surface area contributed by atoms with Gasteiger partial charge >= 0.3 is 5.97 Å². The summed E-state index contributed by atoms with van der Waals surface area (Å²) in [6, 6.07) is 1.83. The molecular formula is C11H15N3O2. The fourth-order valence-electron chi connectivity index (χ4n) is 1.41. The number of carbonyl (C=O) groups is 1. The van der Waals surface area contributed by atoms with Gasteiger partial charge in [0.15, 0.2) is 0 Å². The monoisotopic (exact) mass is 221 g/mol. The average Bonchev–Trinajstić information content (AvgIpc) is 3.08. The van der Waals surface area contributed by atoms with E-state index < -0.39 is 5.97 Å². The maximum Gasteiger partial charge on any atom is 0.376 e. The Morgan fingerprint density at radius 2 is 2.31 bits per heavy atom. The molecular weight excluding hydrogens is 206 g/mol. The average molecular weight is 221 g/mol. The first-order chi connectivity index (χ1) is 7.69. The number of aromatic nitrogens is 2. The second-order valence-corrected chi connectivity index (χ2v) is 4.03. The highest BCUT2D eigenvalue weighted by molar-refractivity contribution is 5.85. The summed E-state index contributed by atoms with van der Waals surface area (Å²) < 4.78 is 4.59. The van der Waals surface area contributed by atoms with Crippen molar-refractivity contribution in [2.45, 2.75) is 19.8 Å². The minimum atomic E-state index is -0.502. The number of esters is 1. The lowest BCUT2D eigenvalue weighted by Crippen LogP contribution is -2.12. The van der Waals surface area contributed by atoms with E-state index in [9.17, 15) is 4.79 Å². The van der Waals surface area contributed by atoms with Crippen LogP contribution in [0, 0.1) is 12.8 Å². The molecule has 5 heteroatoms. The number of hydrogen-bond acceptors (Lipinski definition) is 5. The van der Waals surface area contributed by atoms with Gasteiger partial charge in [0.1, 0.15) is 5.82 Å². The Labute approximate surface area is 94.2 Å². The van der Waals surface area contributed by atoms with E-state index in [0.29, 0.717) is 5.82 Å². The van der Waals surface area contributed by atoms with Crippen molar-refractivity contribution in [3.8, 4) is 0 Å². The zero-order valence-corrected chi connectivity index (χ0v) is 9.49. The van der Waals surface area contributed by atoms with E-state index in [4.69, 9.17) is 0 Å². The minimum Gasteiger partial charge on any atom is -0.463 e. The van der Waals surface area contributed by atoms with Gasteiger partial charge in [-0.05, 0) is 25.7 Å². The summed E-state index contributed by atoms with van der Waals surface area (Å²) in [6.07, 6.45) is 2.56. The van der Waals surface area contributed by atoms with Gasteiger partial charge < -0.3 is 10.1 Å². The molecule has 5 nitrogen and oxygen atoms in total. The number of carbonyl (C=O) groups excluding carboxylic acids is 1. The van der Waals surface area contributed by atoms with Crippen LogP contribution in [0.3, 0.4) is 0 Å². The van der Waals surface area contributed by atoms with Crippen LogP contribution in [0.5, 0.6) is 0 Å². The number of methoxy groups -OCH3 is 1. The Bertz CT molecular complexity index is 402. The number of rotatable bonds is 4. The number of nitrogens with zero attached hydrogens (tertiary/aromatic N) is 2. The van der Waals surface area contributed by atoms with Crippen molar-refractivity contribution in [2.75, 3.05) is 19.0 Å². The van der Waals surface area contributed by atoms with Crippen LogP contribution >= 0.6 is 0 Å². The topological polar surface area (TPSA) is 64.1 Å². The number of ether oxygens (including phenoxy) is 1. The molecule has 1 aliphatic carbocycles. The molecule has 1 aliphatic rings. The third-order valence-corrected chi connectivity index (χ3v) is 2.49. The fraction of sp³-hybridized carbons (Fsp3) is 0.545. The molecule has 1 fully saturated rings. The lowest BCUT2D eigenvalue weighted by atomic mass is 10.3. The number of nitrogens with one attached hydrogen (secondary N) is 1. The highest BCUT2D eigenvalue weighted by atomic mass is 16.5. The second-order valence-electron chi connectivity index (χ2n) is 4.03. The zero-order chi connectivity index (χ0) is 11.5. The molecule has 0 atom stereocenters. The first-order valence-electron chi connectivity index (χ1n) is 5.37. The minimum absolute atomic E-state index is 0.112. The maximum absolute atomic E-state index is 11.3. The standard InChI is InChI=1S/C11H15N3O2/c1-7-5-9(12-6-8-3-4-8)14-10(13-7)11(15)16-2/h5,8H,3-4,6H2,1-2H3,(H,12,13,14). The number of anilines is 1. The van der Waals surface area contributed by atoms with Gasteiger partial charge in [-0.15, -0.1) is 0 Å². The van der Waals surface area contributed by atoms with Gasteiger partial charge in [0.2, 0.25) is 5.82 Å². The normalized spacial score (nSPS) is 14.6. The molecule has 0 saturated heterocycles. The highest BCUT2D eigenvalue weighted by Crippen LogP contribution is 2.28. The lowest BCUT2D eigenvalue weighted by molar-refractivity contribution is 0.0586. The van der Waals surface area contributed by atoms with Crippen molar-refractivity contribution >= 4 is 11.8 Å². The molecule has 2 rings (SSSR count). The number of hydrogen-bond donors (Lipinski definition) is 1. The van der Waals surface area contributed by atoms with Crippen molar-refractivity contribution in [3.05, 3.63) is 17.6 Å². The van der Waals surface area contributed by atoms with E-state index in [0.717, 1.165) is 18.2 Å². The van der Waals surface area contributed by atoms with Crippen LogP contribution in [-0.4, -0.2) is 29.6 Å². The van der Waals surface area contributed by atoms with Crippen LogP contribution < -0.4 is 5.32 Å². The first kappa shape index (κ1) is 10.9. The van der Waals surface area contributed by atoms with E-state index in [1.54, 1.807) is 0 Å². The summed E-state index contributed by atoms with van der Waals surface area (Å²) in [5.41, 5.74) is 0.758. The Kier molecular flexibility index (Phi) is 3.03. The SMILES string of the molecule is COC(=O)c1nc(C)cc(NCC2CC2)n1. The zero-order valence-electron chi connectivity index (χ0n) is 9.49. The molecule has 1 N–H and O–H groups in total. The molecule has 0 unspecified atom stereocenters. The molecule has 0 bridgehead atoms. The Hall–Kier alpha value is -1.65. The van der Waals surface area contributed by atoms with Gasteiger partial charge in [0.05, 0.1) is 7.11 Å². The molecule has 1 aromatic rings. The molecule has 0 amide bonds. The van der Waals surface area contributed by atoms with Gasteiger partial charge in [-0.25, -0.2) is 14.8 Å².